The first kappa shape index (κ1) is 18.5. The van der Waals surface area contributed by atoms with E-state index in [1.165, 1.54) is 26.2 Å². The van der Waals surface area contributed by atoms with E-state index in [1.807, 2.05) is 6.07 Å². The Morgan fingerprint density at radius 2 is 1.68 bits per heavy atom. The third-order valence-corrected chi connectivity index (χ3v) is 6.58. The van der Waals surface area contributed by atoms with Crippen LogP contribution in [0, 0.1) is 29.1 Å². The van der Waals surface area contributed by atoms with Gasteiger partial charge >= 0.3 is 0 Å². The van der Waals surface area contributed by atoms with E-state index in [1.54, 1.807) is 30.5 Å². The standard InChI is InChI=1S/C22H26N4O2/c1-14(27)26(20-4-2-19(24)3-5-20)21(28)18(12-23)13-25-22-9-15-6-16(10-22)8-17(7-15)11-22/h2-5,13,15-17,25H,6-11,24H2,1H3/b18-13-. The fourth-order valence-corrected chi connectivity index (χ4v) is 5.84. The summed E-state index contributed by atoms with van der Waals surface area (Å²) in [6.07, 6.45) is 8.84. The van der Waals surface area contributed by atoms with Crippen LogP contribution < -0.4 is 16.0 Å². The van der Waals surface area contributed by atoms with Crippen molar-refractivity contribution in [2.24, 2.45) is 17.8 Å². The van der Waals surface area contributed by atoms with Gasteiger partial charge in [-0.3, -0.25) is 9.59 Å². The molecule has 146 valence electrons. The average molecular weight is 378 g/mol. The number of rotatable bonds is 4. The van der Waals surface area contributed by atoms with E-state index < -0.39 is 11.8 Å². The molecule has 4 saturated carbocycles. The monoisotopic (exact) mass is 378 g/mol. The minimum atomic E-state index is -0.614. The first-order valence-corrected chi connectivity index (χ1v) is 9.97. The molecule has 0 aliphatic heterocycles. The van der Waals surface area contributed by atoms with Crippen LogP contribution in [0.4, 0.5) is 11.4 Å². The number of nitrogens with zero attached hydrogens (tertiary/aromatic N) is 2. The van der Waals surface area contributed by atoms with Crippen LogP contribution in [0.1, 0.15) is 45.4 Å². The maximum absolute atomic E-state index is 13.0. The third-order valence-electron chi connectivity index (χ3n) is 6.58. The van der Waals surface area contributed by atoms with Crippen molar-refractivity contribution < 1.29 is 9.59 Å². The van der Waals surface area contributed by atoms with Crippen LogP contribution in [-0.2, 0) is 9.59 Å². The molecule has 6 nitrogen and oxygen atoms in total. The number of carbonyl (C=O) groups excluding carboxylic acids is 2. The summed E-state index contributed by atoms with van der Waals surface area (Å²) in [5.74, 6) is 1.23. The zero-order valence-electron chi connectivity index (χ0n) is 16.1. The maximum atomic E-state index is 13.0. The average Bonchev–Trinajstić information content (AvgIpc) is 2.62. The highest BCUT2D eigenvalue weighted by molar-refractivity contribution is 6.21. The zero-order chi connectivity index (χ0) is 19.9. The predicted octanol–water partition coefficient (Wildman–Crippen LogP) is 3.11. The molecule has 0 atom stereocenters. The molecular weight excluding hydrogens is 352 g/mol. The minimum Gasteiger partial charge on any atom is -0.399 e. The second kappa shape index (κ2) is 6.97. The Labute approximate surface area is 165 Å². The molecule has 0 saturated heterocycles. The smallest absolute Gasteiger partial charge is 0.277 e. The lowest BCUT2D eigenvalue weighted by molar-refractivity contribution is -0.123. The Kier molecular flexibility index (Phi) is 4.62. The van der Waals surface area contributed by atoms with Crippen LogP contribution in [0.2, 0.25) is 0 Å². The van der Waals surface area contributed by atoms with E-state index in [-0.39, 0.29) is 11.1 Å². The summed E-state index contributed by atoms with van der Waals surface area (Å²) in [6, 6.07) is 8.45. The summed E-state index contributed by atoms with van der Waals surface area (Å²) in [5, 5.41) is 13.0. The van der Waals surface area contributed by atoms with Crippen LogP contribution in [0.25, 0.3) is 0 Å². The van der Waals surface area contributed by atoms with Gasteiger partial charge in [0.2, 0.25) is 5.91 Å². The number of nitrogens with one attached hydrogen (secondary N) is 1. The van der Waals surface area contributed by atoms with Crippen molar-refractivity contribution in [2.75, 3.05) is 10.6 Å². The SMILES string of the molecule is CC(=O)N(C(=O)/C(C#N)=C\NC12CC3CC(CC(C3)C1)C2)c1ccc(N)cc1. The minimum absolute atomic E-state index is 0.000614. The lowest BCUT2D eigenvalue weighted by atomic mass is 9.53. The van der Waals surface area contributed by atoms with Gasteiger partial charge in [0.15, 0.2) is 0 Å². The number of anilines is 2. The molecule has 3 N–H and O–H groups in total. The third kappa shape index (κ3) is 3.37. The van der Waals surface area contributed by atoms with Crippen LogP contribution >= 0.6 is 0 Å². The molecule has 4 fully saturated rings. The van der Waals surface area contributed by atoms with Gasteiger partial charge in [0.05, 0.1) is 5.69 Å². The molecule has 1 aromatic rings. The molecule has 28 heavy (non-hydrogen) atoms. The Balaban J connectivity index is 1.55. The second-order valence-electron chi connectivity index (χ2n) is 8.76. The van der Waals surface area contributed by atoms with Gasteiger partial charge in [0.25, 0.3) is 5.91 Å². The van der Waals surface area contributed by atoms with Crippen molar-refractivity contribution >= 4 is 23.2 Å². The fraction of sp³-hybridized carbons (Fsp3) is 0.500. The fourth-order valence-electron chi connectivity index (χ4n) is 5.84. The predicted molar refractivity (Wildman–Crippen MR) is 107 cm³/mol. The van der Waals surface area contributed by atoms with Crippen LogP contribution in [0.5, 0.6) is 0 Å². The highest BCUT2D eigenvalue weighted by atomic mass is 16.2. The summed E-state index contributed by atoms with van der Waals surface area (Å²) >= 11 is 0. The van der Waals surface area contributed by atoms with Gasteiger partial charge in [-0.05, 0) is 80.5 Å². The first-order valence-electron chi connectivity index (χ1n) is 9.97. The summed E-state index contributed by atoms with van der Waals surface area (Å²) in [6.45, 7) is 1.32. The molecule has 0 radical (unpaired) electrons. The number of hydrogen-bond donors (Lipinski definition) is 2. The van der Waals surface area contributed by atoms with Crippen LogP contribution in [0.15, 0.2) is 36.0 Å². The lowest BCUT2D eigenvalue weighted by Gasteiger charge is -2.56. The number of imide groups is 1. The molecule has 4 bridgehead atoms. The van der Waals surface area contributed by atoms with Gasteiger partial charge < -0.3 is 11.1 Å². The molecule has 0 aromatic heterocycles. The van der Waals surface area contributed by atoms with Crippen molar-refractivity contribution in [2.45, 2.75) is 51.0 Å². The normalized spacial score (nSPS) is 30.6. The number of carbonyl (C=O) groups is 2. The van der Waals surface area contributed by atoms with Gasteiger partial charge in [-0.1, -0.05) is 0 Å². The van der Waals surface area contributed by atoms with E-state index in [4.69, 9.17) is 5.73 Å². The Bertz CT molecular complexity index is 830. The van der Waals surface area contributed by atoms with Crippen molar-refractivity contribution in [1.82, 2.24) is 5.32 Å². The number of benzene rings is 1. The van der Waals surface area contributed by atoms with Gasteiger partial charge in [-0.25, -0.2) is 4.90 Å². The summed E-state index contributed by atoms with van der Waals surface area (Å²) in [4.78, 5) is 26.1. The Hall–Kier alpha value is -2.81. The molecule has 4 aliphatic carbocycles. The van der Waals surface area contributed by atoms with Crippen molar-refractivity contribution in [3.05, 3.63) is 36.0 Å². The summed E-state index contributed by atoms with van der Waals surface area (Å²) in [7, 11) is 0. The number of nitrogen functional groups attached to an aromatic ring is 1. The molecule has 2 amide bonds. The quantitative estimate of drug-likeness (QED) is 0.476. The van der Waals surface area contributed by atoms with Crippen LogP contribution in [-0.4, -0.2) is 17.4 Å². The topological polar surface area (TPSA) is 99.2 Å². The van der Waals surface area contributed by atoms with Gasteiger partial charge in [0.1, 0.15) is 11.6 Å². The van der Waals surface area contributed by atoms with Gasteiger partial charge in [-0.2, -0.15) is 5.26 Å². The maximum Gasteiger partial charge on any atom is 0.277 e. The van der Waals surface area contributed by atoms with E-state index in [0.717, 1.165) is 41.9 Å². The molecule has 0 unspecified atom stereocenters. The highest BCUT2D eigenvalue weighted by Gasteiger charge is 2.50. The number of nitrogens with two attached hydrogens (primary N) is 1. The molecule has 6 heteroatoms. The first-order chi connectivity index (χ1) is 13.4. The van der Waals surface area contributed by atoms with E-state index in [2.05, 4.69) is 5.32 Å². The molecule has 0 heterocycles. The van der Waals surface area contributed by atoms with E-state index in [9.17, 15) is 14.9 Å². The number of amides is 2. The van der Waals surface area contributed by atoms with E-state index in [0.29, 0.717) is 11.4 Å². The molecule has 0 spiro atoms. The van der Waals surface area contributed by atoms with E-state index >= 15 is 0 Å². The molecule has 4 aliphatic rings. The molecule has 5 rings (SSSR count). The Morgan fingerprint density at radius 1 is 1.14 bits per heavy atom. The molecular formula is C22H26N4O2. The second-order valence-corrected chi connectivity index (χ2v) is 8.76. The van der Waals surface area contributed by atoms with Crippen LogP contribution in [0.3, 0.4) is 0 Å². The largest absolute Gasteiger partial charge is 0.399 e. The summed E-state index contributed by atoms with van der Waals surface area (Å²) < 4.78 is 0. The lowest BCUT2D eigenvalue weighted by Crippen LogP contribution is -2.57. The highest BCUT2D eigenvalue weighted by Crippen LogP contribution is 2.55. The summed E-state index contributed by atoms with van der Waals surface area (Å²) in [5.41, 5.74) is 6.59. The van der Waals surface area contributed by atoms with Gasteiger partial charge in [0, 0.05) is 24.4 Å². The van der Waals surface area contributed by atoms with Crippen molar-refractivity contribution in [1.29, 1.82) is 5.26 Å². The number of hydrogen-bond acceptors (Lipinski definition) is 5. The Morgan fingerprint density at radius 3 is 2.14 bits per heavy atom. The number of nitriles is 1. The van der Waals surface area contributed by atoms with Crippen molar-refractivity contribution in [3.63, 3.8) is 0 Å². The molecule has 1 aromatic carbocycles. The van der Waals surface area contributed by atoms with Gasteiger partial charge in [-0.15, -0.1) is 0 Å². The van der Waals surface area contributed by atoms with Crippen molar-refractivity contribution in [3.8, 4) is 6.07 Å². The zero-order valence-corrected chi connectivity index (χ0v) is 16.1.